The molecule has 0 spiro atoms. The average molecular weight is 554 g/mol. The molecule has 1 aromatic heterocycles. The number of anilines is 1. The van der Waals surface area contributed by atoms with E-state index in [1.807, 2.05) is 61.7 Å². The highest BCUT2D eigenvalue weighted by Gasteiger charge is 2.22. The Bertz CT molecular complexity index is 1230. The van der Waals surface area contributed by atoms with Gasteiger partial charge < -0.3 is 24.6 Å². The molecule has 0 atom stereocenters. The van der Waals surface area contributed by atoms with Gasteiger partial charge in [-0.15, -0.1) is 29.7 Å². The fraction of sp³-hybridized carbons (Fsp3) is 0.310. The molecular formula is C29H35N3O4S2. The van der Waals surface area contributed by atoms with Gasteiger partial charge in [0.1, 0.15) is 6.54 Å². The van der Waals surface area contributed by atoms with Crippen molar-refractivity contribution in [3.63, 3.8) is 0 Å². The standard InChI is InChI=1S/C29H35N3O4S2/c1-6-16-32(29(34)30-23-9-12-24(37-5)13-10-23)20-28(33)31(19-25-11-7-21(2)38-25)17-15-22-8-14-26(35-3)27(18-22)36-4/h6-14,18H,1,15-17,19-20H2,2-5H3,(H,30,34). The Hall–Kier alpha value is -3.43. The van der Waals surface area contributed by atoms with E-state index in [4.69, 9.17) is 9.47 Å². The van der Waals surface area contributed by atoms with E-state index in [1.165, 1.54) is 9.78 Å². The average Bonchev–Trinajstić information content (AvgIpc) is 3.35. The summed E-state index contributed by atoms with van der Waals surface area (Å²) >= 11 is 3.30. The van der Waals surface area contributed by atoms with Crippen LogP contribution in [0, 0.1) is 6.92 Å². The van der Waals surface area contributed by atoms with Crippen molar-refractivity contribution in [3.05, 3.63) is 82.6 Å². The molecule has 7 nitrogen and oxygen atoms in total. The van der Waals surface area contributed by atoms with Gasteiger partial charge >= 0.3 is 6.03 Å². The fourth-order valence-electron chi connectivity index (χ4n) is 3.87. The first kappa shape index (κ1) is 29.1. The highest BCUT2D eigenvalue weighted by atomic mass is 32.2. The summed E-state index contributed by atoms with van der Waals surface area (Å²) in [6.45, 7) is 6.98. The normalized spacial score (nSPS) is 10.5. The molecular weight excluding hydrogens is 518 g/mol. The second-order valence-corrected chi connectivity index (χ2v) is 10.8. The largest absolute Gasteiger partial charge is 0.493 e. The molecule has 0 saturated carbocycles. The van der Waals surface area contributed by atoms with Crippen LogP contribution >= 0.6 is 23.1 Å². The van der Waals surface area contributed by atoms with Crippen molar-refractivity contribution in [1.29, 1.82) is 0 Å². The topological polar surface area (TPSA) is 71.1 Å². The highest BCUT2D eigenvalue weighted by molar-refractivity contribution is 7.98. The minimum Gasteiger partial charge on any atom is -0.493 e. The van der Waals surface area contributed by atoms with Crippen LogP contribution < -0.4 is 14.8 Å². The first-order chi connectivity index (χ1) is 18.4. The number of hydrogen-bond acceptors (Lipinski definition) is 6. The van der Waals surface area contributed by atoms with E-state index in [-0.39, 0.29) is 25.0 Å². The number of urea groups is 1. The molecule has 0 fully saturated rings. The van der Waals surface area contributed by atoms with E-state index < -0.39 is 0 Å². The van der Waals surface area contributed by atoms with Crippen molar-refractivity contribution in [2.24, 2.45) is 0 Å². The number of aryl methyl sites for hydroxylation is 1. The van der Waals surface area contributed by atoms with Crippen molar-refractivity contribution in [1.82, 2.24) is 9.80 Å². The summed E-state index contributed by atoms with van der Waals surface area (Å²) < 4.78 is 10.8. The van der Waals surface area contributed by atoms with Gasteiger partial charge in [-0.05, 0) is 73.7 Å². The number of amides is 3. The molecule has 2 aromatic carbocycles. The first-order valence-electron chi connectivity index (χ1n) is 12.2. The molecule has 0 aliphatic rings. The highest BCUT2D eigenvalue weighted by Crippen LogP contribution is 2.28. The molecule has 0 radical (unpaired) electrons. The van der Waals surface area contributed by atoms with Crippen molar-refractivity contribution in [2.75, 3.05) is 45.4 Å². The smallest absolute Gasteiger partial charge is 0.322 e. The molecule has 1 N–H and O–H groups in total. The number of carbonyl (C=O) groups excluding carboxylic acids is 2. The summed E-state index contributed by atoms with van der Waals surface area (Å²) in [5.41, 5.74) is 1.70. The second-order valence-electron chi connectivity index (χ2n) is 8.59. The molecule has 202 valence electrons. The predicted octanol–water partition coefficient (Wildman–Crippen LogP) is 6.09. The molecule has 0 bridgehead atoms. The molecule has 38 heavy (non-hydrogen) atoms. The van der Waals surface area contributed by atoms with E-state index in [1.54, 1.807) is 48.3 Å². The lowest BCUT2D eigenvalue weighted by Gasteiger charge is -2.27. The van der Waals surface area contributed by atoms with Crippen LogP contribution in [0.4, 0.5) is 10.5 Å². The molecule has 0 unspecified atom stereocenters. The number of hydrogen-bond donors (Lipinski definition) is 1. The third kappa shape index (κ3) is 8.29. The van der Waals surface area contributed by atoms with Crippen LogP contribution in [0.1, 0.15) is 15.3 Å². The van der Waals surface area contributed by atoms with Gasteiger partial charge in [-0.3, -0.25) is 4.79 Å². The molecule has 0 aliphatic carbocycles. The van der Waals surface area contributed by atoms with Gasteiger partial charge in [-0.1, -0.05) is 12.1 Å². The van der Waals surface area contributed by atoms with Gasteiger partial charge in [-0.2, -0.15) is 0 Å². The van der Waals surface area contributed by atoms with Gasteiger partial charge in [0, 0.05) is 33.4 Å². The van der Waals surface area contributed by atoms with E-state index in [9.17, 15) is 9.59 Å². The van der Waals surface area contributed by atoms with Crippen LogP contribution in [0.3, 0.4) is 0 Å². The SMILES string of the molecule is C=CCN(CC(=O)N(CCc1ccc(OC)c(OC)c1)Cc1ccc(C)s1)C(=O)Nc1ccc(SC)cc1. The van der Waals surface area contributed by atoms with Gasteiger partial charge in [-0.25, -0.2) is 4.79 Å². The van der Waals surface area contributed by atoms with Crippen molar-refractivity contribution < 1.29 is 19.1 Å². The Morgan fingerprint density at radius 1 is 1.03 bits per heavy atom. The minimum atomic E-state index is -0.345. The van der Waals surface area contributed by atoms with E-state index >= 15 is 0 Å². The summed E-state index contributed by atoms with van der Waals surface area (Å²) in [6.07, 6.45) is 4.26. The third-order valence-electron chi connectivity index (χ3n) is 5.92. The zero-order chi connectivity index (χ0) is 27.5. The summed E-state index contributed by atoms with van der Waals surface area (Å²) in [4.78, 5) is 33.3. The number of carbonyl (C=O) groups is 2. The van der Waals surface area contributed by atoms with Crippen LogP contribution in [0.5, 0.6) is 11.5 Å². The number of rotatable bonds is 13. The van der Waals surface area contributed by atoms with Gasteiger partial charge in [0.05, 0.1) is 20.8 Å². The minimum absolute atomic E-state index is 0.0585. The van der Waals surface area contributed by atoms with E-state index in [2.05, 4.69) is 18.0 Å². The predicted molar refractivity (Wildman–Crippen MR) is 157 cm³/mol. The molecule has 3 amide bonds. The monoisotopic (exact) mass is 553 g/mol. The molecule has 1 heterocycles. The van der Waals surface area contributed by atoms with Crippen LogP contribution in [0.2, 0.25) is 0 Å². The van der Waals surface area contributed by atoms with E-state index in [0.717, 1.165) is 15.3 Å². The van der Waals surface area contributed by atoms with Crippen LogP contribution in [-0.2, 0) is 17.8 Å². The van der Waals surface area contributed by atoms with Crippen molar-refractivity contribution in [2.45, 2.75) is 24.8 Å². The Morgan fingerprint density at radius 2 is 1.76 bits per heavy atom. The number of thiophene rings is 1. The van der Waals surface area contributed by atoms with Crippen molar-refractivity contribution in [3.8, 4) is 11.5 Å². The van der Waals surface area contributed by atoms with Crippen molar-refractivity contribution >= 4 is 40.7 Å². The zero-order valence-electron chi connectivity index (χ0n) is 22.4. The molecule has 3 aromatic rings. The van der Waals surface area contributed by atoms with Gasteiger partial charge in [0.25, 0.3) is 0 Å². The second kappa shape index (κ2) is 14.5. The lowest BCUT2D eigenvalue weighted by atomic mass is 10.1. The number of nitrogens with zero attached hydrogens (tertiary/aromatic N) is 2. The zero-order valence-corrected chi connectivity index (χ0v) is 24.0. The van der Waals surface area contributed by atoms with E-state index in [0.29, 0.717) is 36.7 Å². The summed E-state index contributed by atoms with van der Waals surface area (Å²) in [6, 6.07) is 17.1. The maximum atomic E-state index is 13.6. The summed E-state index contributed by atoms with van der Waals surface area (Å²) in [5.74, 6) is 1.18. The number of ether oxygens (including phenoxy) is 2. The Morgan fingerprint density at radius 3 is 2.37 bits per heavy atom. The maximum absolute atomic E-state index is 13.6. The molecule has 3 rings (SSSR count). The number of methoxy groups -OCH3 is 2. The first-order valence-corrected chi connectivity index (χ1v) is 14.3. The van der Waals surface area contributed by atoms with Gasteiger partial charge in [0.15, 0.2) is 11.5 Å². The lowest BCUT2D eigenvalue weighted by molar-refractivity contribution is -0.132. The third-order valence-corrected chi connectivity index (χ3v) is 7.65. The Balaban J connectivity index is 1.73. The number of benzene rings is 2. The summed E-state index contributed by atoms with van der Waals surface area (Å²) in [7, 11) is 3.21. The molecule has 0 aliphatic heterocycles. The number of thioether (sulfide) groups is 1. The quantitative estimate of drug-likeness (QED) is 0.205. The fourth-order valence-corrected chi connectivity index (χ4v) is 5.18. The lowest BCUT2D eigenvalue weighted by Crippen LogP contribution is -2.44. The molecule has 9 heteroatoms. The Labute approximate surface area is 233 Å². The van der Waals surface area contributed by atoms with Crippen LogP contribution in [0.15, 0.2) is 72.1 Å². The Kier molecular flexibility index (Phi) is 11.1. The van der Waals surface area contributed by atoms with Crippen LogP contribution in [0.25, 0.3) is 0 Å². The summed E-state index contributed by atoms with van der Waals surface area (Å²) in [5, 5.41) is 2.89. The molecule has 0 saturated heterocycles. The van der Waals surface area contributed by atoms with Gasteiger partial charge in [0.2, 0.25) is 5.91 Å². The van der Waals surface area contributed by atoms with Crippen LogP contribution in [-0.4, -0.2) is 61.8 Å². The number of nitrogens with one attached hydrogen (secondary N) is 1. The maximum Gasteiger partial charge on any atom is 0.322 e.